The Morgan fingerprint density at radius 1 is 0.556 bits per heavy atom. The monoisotopic (exact) mass is 864 g/mol. The maximum Gasteiger partial charge on any atom is 0.306 e. The predicted molar refractivity (Wildman–Crippen MR) is 244 cm³/mol. The molecule has 1 spiro atoms. The first-order chi connectivity index (χ1) is 29.6. The first-order valence-electron chi connectivity index (χ1n) is 22.2. The molecule has 6 rings (SSSR count). The molecule has 0 radical (unpaired) electrons. The quantitative estimate of drug-likeness (QED) is 0.118. The van der Waals surface area contributed by atoms with E-state index in [-0.39, 0.29) is 60.3 Å². The summed E-state index contributed by atoms with van der Waals surface area (Å²) in [5, 5.41) is 22.4. The van der Waals surface area contributed by atoms with E-state index >= 15 is 0 Å². The summed E-state index contributed by atoms with van der Waals surface area (Å²) in [5.41, 5.74) is 4.57. The summed E-state index contributed by atoms with van der Waals surface area (Å²) < 4.78 is 36.6. The minimum Gasteiger partial charge on any atom is -0.507 e. The topological polar surface area (TPSA) is 130 Å². The number of phenols is 2. The highest BCUT2D eigenvalue weighted by Gasteiger charge is 2.48. The van der Waals surface area contributed by atoms with E-state index in [1.807, 2.05) is 113 Å². The second-order valence-electron chi connectivity index (χ2n) is 21.0. The van der Waals surface area contributed by atoms with Crippen LogP contribution in [0.1, 0.15) is 104 Å². The van der Waals surface area contributed by atoms with Gasteiger partial charge in [-0.1, -0.05) is 142 Å². The molecule has 2 N–H and O–H groups in total. The lowest BCUT2D eigenvalue weighted by Gasteiger charge is -2.48. The maximum absolute atomic E-state index is 13.1. The van der Waals surface area contributed by atoms with Crippen molar-refractivity contribution in [2.75, 3.05) is 39.6 Å². The van der Waals surface area contributed by atoms with Gasteiger partial charge in [0.2, 0.25) is 0 Å². The third kappa shape index (κ3) is 11.9. The number of benzene rings is 4. The molecule has 0 atom stereocenters. The molecule has 0 aromatic heterocycles. The minimum absolute atomic E-state index is 0.116. The molecule has 63 heavy (non-hydrogen) atoms. The van der Waals surface area contributed by atoms with Crippen LogP contribution < -0.4 is 0 Å². The lowest BCUT2D eigenvalue weighted by molar-refractivity contribution is -0.337. The molecule has 0 amide bonds. The van der Waals surface area contributed by atoms with Crippen molar-refractivity contribution in [2.24, 2.45) is 16.2 Å². The number of hydrogen-bond donors (Lipinski definition) is 2. The van der Waals surface area contributed by atoms with Gasteiger partial charge < -0.3 is 38.6 Å². The number of aromatic hydroxyl groups is 2. The predicted octanol–water partition coefficient (Wildman–Crippen LogP) is 10.5. The molecule has 10 heteroatoms. The summed E-state index contributed by atoms with van der Waals surface area (Å²) in [6.07, 6.45) is 0.114. The standard InChI is InChI=1S/C53H68O10/c1-49(2,3)41-27-35(25-39(45(41)56)37-17-13-11-14-18-37)21-23-43(54)58-29-51(7,8)47-60-31-53(32-61-47)33-62-48(63-34-53)52(9,10)30-59-44(55)24-22-36-26-40(38-19-15-12-16-20-38)46(57)42(28-36)50(4,5)6/h11-20,25-28,47-48,56-57H,21-24,29-34H2,1-10H3. The van der Waals surface area contributed by atoms with Gasteiger partial charge in [-0.15, -0.1) is 0 Å². The van der Waals surface area contributed by atoms with E-state index in [0.29, 0.717) is 39.3 Å². The number of carbonyl (C=O) groups is 2. The molecule has 0 saturated carbocycles. The van der Waals surface area contributed by atoms with Gasteiger partial charge >= 0.3 is 11.9 Å². The Labute approximate surface area is 374 Å². The summed E-state index contributed by atoms with van der Waals surface area (Å²) in [6, 6.07) is 27.4. The zero-order valence-corrected chi connectivity index (χ0v) is 39.0. The Balaban J connectivity index is 0.944. The van der Waals surface area contributed by atoms with Crippen molar-refractivity contribution < 1.29 is 48.2 Å². The van der Waals surface area contributed by atoms with Crippen LogP contribution in [0.5, 0.6) is 11.5 Å². The van der Waals surface area contributed by atoms with Gasteiger partial charge in [0.05, 0.1) is 31.8 Å². The van der Waals surface area contributed by atoms with Crippen LogP contribution in [0.3, 0.4) is 0 Å². The number of esters is 2. The van der Waals surface area contributed by atoms with Crippen LogP contribution in [-0.4, -0.2) is 74.4 Å². The van der Waals surface area contributed by atoms with Crippen LogP contribution in [0.15, 0.2) is 84.9 Å². The number of rotatable bonds is 14. The minimum atomic E-state index is -0.623. The van der Waals surface area contributed by atoms with Gasteiger partial charge in [-0.25, -0.2) is 0 Å². The van der Waals surface area contributed by atoms with Crippen molar-refractivity contribution in [1.29, 1.82) is 0 Å². The molecule has 2 aliphatic rings. The fraction of sp³-hybridized carbons (Fsp3) is 0.509. The van der Waals surface area contributed by atoms with Crippen LogP contribution in [0, 0.1) is 16.2 Å². The summed E-state index contributed by atoms with van der Waals surface area (Å²) in [7, 11) is 0. The van der Waals surface area contributed by atoms with Gasteiger partial charge in [0, 0.05) is 45.9 Å². The lowest BCUT2D eigenvalue weighted by Crippen LogP contribution is -2.57. The lowest BCUT2D eigenvalue weighted by atomic mass is 9.82. The number of carbonyl (C=O) groups excluding carboxylic acids is 2. The molecule has 2 aliphatic heterocycles. The van der Waals surface area contributed by atoms with Gasteiger partial charge in [0.1, 0.15) is 24.7 Å². The van der Waals surface area contributed by atoms with E-state index in [4.69, 9.17) is 28.4 Å². The largest absolute Gasteiger partial charge is 0.507 e. The molecule has 2 heterocycles. The molecule has 4 aromatic carbocycles. The Hall–Kier alpha value is -4.74. The molecule has 4 aromatic rings. The van der Waals surface area contributed by atoms with Crippen molar-refractivity contribution in [2.45, 2.75) is 118 Å². The molecule has 0 aliphatic carbocycles. The average Bonchev–Trinajstić information content (AvgIpc) is 3.24. The molecule has 2 saturated heterocycles. The van der Waals surface area contributed by atoms with Gasteiger partial charge in [-0.05, 0) is 58.1 Å². The zero-order valence-electron chi connectivity index (χ0n) is 39.0. The smallest absolute Gasteiger partial charge is 0.306 e. The Kier molecular flexibility index (Phi) is 14.5. The molecule has 0 bridgehead atoms. The Morgan fingerprint density at radius 2 is 0.889 bits per heavy atom. The van der Waals surface area contributed by atoms with E-state index in [9.17, 15) is 19.8 Å². The second kappa shape index (κ2) is 19.2. The van der Waals surface area contributed by atoms with Crippen molar-refractivity contribution >= 4 is 11.9 Å². The average molecular weight is 865 g/mol. The fourth-order valence-electron chi connectivity index (χ4n) is 8.06. The number of phenolic OH excluding ortho intramolecular Hbond substituents is 2. The number of hydrogen-bond acceptors (Lipinski definition) is 10. The fourth-order valence-corrected chi connectivity index (χ4v) is 8.06. The Bertz CT molecular complexity index is 2020. The summed E-state index contributed by atoms with van der Waals surface area (Å²) in [5.74, 6) is -0.117. The van der Waals surface area contributed by atoms with Crippen LogP contribution in [-0.2, 0) is 61.7 Å². The maximum atomic E-state index is 13.1. The van der Waals surface area contributed by atoms with Crippen LogP contribution in [0.4, 0.5) is 0 Å². The summed E-state index contributed by atoms with van der Waals surface area (Å²) in [4.78, 5) is 26.1. The van der Waals surface area contributed by atoms with Crippen molar-refractivity contribution in [3.8, 4) is 33.8 Å². The van der Waals surface area contributed by atoms with Crippen molar-refractivity contribution in [3.05, 3.63) is 107 Å². The molecule has 0 unspecified atom stereocenters. The zero-order chi connectivity index (χ0) is 45.8. The van der Waals surface area contributed by atoms with Gasteiger partial charge in [-0.2, -0.15) is 0 Å². The first kappa shape index (κ1) is 47.7. The van der Waals surface area contributed by atoms with E-state index in [2.05, 4.69) is 41.5 Å². The summed E-state index contributed by atoms with van der Waals surface area (Å²) in [6.45, 7) is 21.8. The summed E-state index contributed by atoms with van der Waals surface area (Å²) >= 11 is 0. The normalized spacial score (nSPS) is 19.8. The SMILES string of the molecule is CC(C)(C)c1cc(CCC(=O)OCC(C)(C)C2OCC3(CO2)COC(C(C)(C)COC(=O)CCc2cc(-c4ccccc4)c(O)c(C(C)(C)C)c2)OC3)cc(-c2ccccc2)c1O. The second-order valence-corrected chi connectivity index (χ2v) is 21.0. The molecular formula is C53H68O10. The molecule has 10 nitrogen and oxygen atoms in total. The van der Waals surface area contributed by atoms with Gasteiger partial charge in [-0.3, -0.25) is 9.59 Å². The van der Waals surface area contributed by atoms with E-state index < -0.39 is 28.8 Å². The van der Waals surface area contributed by atoms with Gasteiger partial charge in [0.25, 0.3) is 0 Å². The molecular weight excluding hydrogens is 797 g/mol. The van der Waals surface area contributed by atoms with E-state index in [1.165, 1.54) is 0 Å². The molecule has 340 valence electrons. The van der Waals surface area contributed by atoms with Crippen molar-refractivity contribution in [1.82, 2.24) is 0 Å². The van der Waals surface area contributed by atoms with Crippen LogP contribution in [0.2, 0.25) is 0 Å². The number of ether oxygens (including phenoxy) is 6. The van der Waals surface area contributed by atoms with E-state index in [1.54, 1.807) is 0 Å². The van der Waals surface area contributed by atoms with Crippen LogP contribution >= 0.6 is 0 Å². The highest BCUT2D eigenvalue weighted by molar-refractivity contribution is 5.75. The van der Waals surface area contributed by atoms with E-state index in [0.717, 1.165) is 44.5 Å². The molecule has 2 fully saturated rings. The Morgan fingerprint density at radius 3 is 1.21 bits per heavy atom. The highest BCUT2D eigenvalue weighted by Crippen LogP contribution is 2.42. The third-order valence-electron chi connectivity index (χ3n) is 12.0. The number of aryl methyl sites for hydroxylation is 2. The highest BCUT2D eigenvalue weighted by atomic mass is 16.7. The van der Waals surface area contributed by atoms with Gasteiger partial charge in [0.15, 0.2) is 12.6 Å². The third-order valence-corrected chi connectivity index (χ3v) is 12.0. The van der Waals surface area contributed by atoms with Crippen LogP contribution in [0.25, 0.3) is 22.3 Å². The van der Waals surface area contributed by atoms with Crippen molar-refractivity contribution in [3.63, 3.8) is 0 Å². The first-order valence-corrected chi connectivity index (χ1v) is 22.2.